The Labute approximate surface area is 319 Å². The van der Waals surface area contributed by atoms with Crippen LogP contribution in [-0.4, -0.2) is 115 Å². The molecule has 3 fully saturated rings. The number of hydrogen-bond acceptors (Lipinski definition) is 14. The van der Waals surface area contributed by atoms with Crippen LogP contribution in [0.5, 0.6) is 0 Å². The number of amidine groups is 1. The molecule has 0 radical (unpaired) electrons. The molecule has 3 saturated heterocycles. The van der Waals surface area contributed by atoms with Crippen LogP contribution in [0.15, 0.2) is 64.1 Å². The average molecular weight is 780 g/mol. The number of aliphatic imine (C=N–C) groups is 1. The van der Waals surface area contributed by atoms with Gasteiger partial charge in [0, 0.05) is 60.0 Å². The van der Waals surface area contributed by atoms with Gasteiger partial charge in [0.15, 0.2) is 0 Å². The summed E-state index contributed by atoms with van der Waals surface area (Å²) in [6.07, 6.45) is 0.0262. The molecule has 18 nitrogen and oxygen atoms in total. The molecule has 7 atom stereocenters. The topological polar surface area (TPSA) is 241 Å². The summed E-state index contributed by atoms with van der Waals surface area (Å²) >= 11 is 1.43. The number of aliphatic hydroxyl groups excluding tert-OH is 1. The fraction of sp³-hybridized carbons (Fsp3) is 0.472. The molecule has 0 aliphatic carbocycles. The zero-order valence-electron chi connectivity index (χ0n) is 30.3. The quantitative estimate of drug-likeness (QED) is 0.0784. The van der Waals surface area contributed by atoms with Crippen LogP contribution < -0.4 is 5.73 Å². The fourth-order valence-corrected chi connectivity index (χ4v) is 9.15. The van der Waals surface area contributed by atoms with Gasteiger partial charge in [-0.2, -0.15) is 0 Å². The Morgan fingerprint density at radius 3 is 2.15 bits per heavy atom. The summed E-state index contributed by atoms with van der Waals surface area (Å²) in [6, 6.07) is 9.85. The molecule has 0 aromatic heterocycles. The number of fused-ring (bicyclic) bond motifs is 1. The molecule has 0 spiro atoms. The Kier molecular flexibility index (Phi) is 11.5. The second-order valence-corrected chi connectivity index (χ2v) is 15.5. The molecule has 2 aromatic carbocycles. The summed E-state index contributed by atoms with van der Waals surface area (Å²) in [4.78, 5) is 83.9. The zero-order valence-corrected chi connectivity index (χ0v) is 31.1. The highest BCUT2D eigenvalue weighted by molar-refractivity contribution is 8.03. The highest BCUT2D eigenvalue weighted by Crippen LogP contribution is 2.52. The summed E-state index contributed by atoms with van der Waals surface area (Å²) in [6.45, 7) is 4.32. The van der Waals surface area contributed by atoms with Gasteiger partial charge in [-0.25, -0.2) is 9.59 Å². The van der Waals surface area contributed by atoms with Crippen LogP contribution in [0.3, 0.4) is 0 Å². The Bertz CT molecular complexity index is 1940. The summed E-state index contributed by atoms with van der Waals surface area (Å²) in [5.41, 5.74) is 6.93. The number of likely N-dealkylation sites (N-methyl/N-ethyl adjacent to an activating group) is 1. The number of carbonyl (C=O) groups excluding carboxylic acids is 4. The number of nitro groups is 2. The molecule has 6 rings (SSSR count). The third-order valence-corrected chi connectivity index (χ3v) is 11.9. The van der Waals surface area contributed by atoms with Gasteiger partial charge in [-0.1, -0.05) is 6.92 Å². The molecule has 3 N–H and O–H groups in total. The predicted molar refractivity (Wildman–Crippen MR) is 197 cm³/mol. The number of non-ortho nitro benzene ring substituents is 2. The van der Waals surface area contributed by atoms with Gasteiger partial charge in [-0.15, -0.1) is 11.8 Å². The number of nitrogens with two attached hydrogens (primary N) is 1. The van der Waals surface area contributed by atoms with Crippen LogP contribution >= 0.6 is 11.8 Å². The summed E-state index contributed by atoms with van der Waals surface area (Å²) < 4.78 is 10.8. The normalized spacial score (nSPS) is 25.7. The van der Waals surface area contributed by atoms with E-state index in [9.17, 15) is 44.5 Å². The lowest BCUT2D eigenvalue weighted by Gasteiger charge is -2.46. The summed E-state index contributed by atoms with van der Waals surface area (Å²) in [7, 11) is 1.85. The van der Waals surface area contributed by atoms with Crippen molar-refractivity contribution in [2.45, 2.75) is 69.4 Å². The molecule has 4 aliphatic heterocycles. The first-order valence-electron chi connectivity index (χ1n) is 17.7. The third kappa shape index (κ3) is 8.18. The summed E-state index contributed by atoms with van der Waals surface area (Å²) in [5, 5.41) is 32.1. The first-order valence-corrected chi connectivity index (χ1v) is 18.6. The van der Waals surface area contributed by atoms with Crippen LogP contribution in [-0.2, 0) is 41.9 Å². The molecule has 19 heteroatoms. The van der Waals surface area contributed by atoms with Gasteiger partial charge in [0.1, 0.15) is 18.9 Å². The maximum atomic E-state index is 13.8. The molecule has 4 aliphatic rings. The molecular formula is C36H41N7O11S. The van der Waals surface area contributed by atoms with E-state index in [1.807, 2.05) is 18.9 Å². The van der Waals surface area contributed by atoms with Crippen molar-refractivity contribution in [3.05, 3.63) is 90.5 Å². The minimum atomic E-state index is -0.922. The van der Waals surface area contributed by atoms with Crippen LogP contribution in [0.2, 0.25) is 0 Å². The van der Waals surface area contributed by atoms with E-state index in [1.165, 1.54) is 65.2 Å². The first-order chi connectivity index (χ1) is 26.1. The van der Waals surface area contributed by atoms with E-state index in [0.717, 1.165) is 0 Å². The lowest BCUT2D eigenvalue weighted by molar-refractivity contribution is -0.385. The lowest BCUT2D eigenvalue weighted by Crippen LogP contribution is -2.63. The number of hydrogen-bond donors (Lipinski definition) is 2. The minimum absolute atomic E-state index is 0.0872. The molecule has 0 saturated carbocycles. The second kappa shape index (κ2) is 16.1. The Hall–Kier alpha value is -5.40. The number of rotatable bonds is 12. The maximum absolute atomic E-state index is 13.8. The van der Waals surface area contributed by atoms with Gasteiger partial charge in [0.25, 0.3) is 11.4 Å². The van der Waals surface area contributed by atoms with E-state index in [1.54, 1.807) is 11.8 Å². The van der Waals surface area contributed by atoms with E-state index in [-0.39, 0.29) is 65.6 Å². The number of thioether (sulfide) groups is 1. The first kappa shape index (κ1) is 39.3. The van der Waals surface area contributed by atoms with Crippen molar-refractivity contribution in [2.24, 2.45) is 22.6 Å². The highest BCUT2D eigenvalue weighted by Gasteiger charge is 2.60. The van der Waals surface area contributed by atoms with Gasteiger partial charge in [-0.05, 0) is 62.2 Å². The number of nitro benzene ring substituents is 2. The van der Waals surface area contributed by atoms with E-state index in [0.29, 0.717) is 42.0 Å². The van der Waals surface area contributed by atoms with Gasteiger partial charge >= 0.3 is 11.9 Å². The minimum Gasteiger partial charge on any atom is -0.456 e. The third-order valence-electron chi connectivity index (χ3n) is 10.4. The van der Waals surface area contributed by atoms with Crippen molar-refractivity contribution in [3.63, 3.8) is 0 Å². The van der Waals surface area contributed by atoms with Crippen LogP contribution in [0.1, 0.15) is 37.8 Å². The predicted octanol–water partition coefficient (Wildman–Crippen LogP) is 2.12. The number of aliphatic hydroxyl groups is 1. The Balaban J connectivity index is 1.07. The van der Waals surface area contributed by atoms with Gasteiger partial charge < -0.3 is 30.1 Å². The van der Waals surface area contributed by atoms with E-state index >= 15 is 0 Å². The number of likely N-dealkylation sites (tertiary alicyclic amines) is 2. The molecular weight excluding hydrogens is 739 g/mol. The highest BCUT2D eigenvalue weighted by atomic mass is 32.2. The summed E-state index contributed by atoms with van der Waals surface area (Å²) in [5.74, 6) is -3.33. The number of nitrogens with zero attached hydrogens (tertiary/aromatic N) is 6. The number of β-lactam (4-membered cyclic amide) rings is 1. The van der Waals surface area contributed by atoms with Crippen molar-refractivity contribution in [2.75, 3.05) is 26.7 Å². The van der Waals surface area contributed by atoms with Gasteiger partial charge in [0.2, 0.25) is 17.6 Å². The van der Waals surface area contributed by atoms with Crippen molar-refractivity contribution in [3.8, 4) is 0 Å². The Morgan fingerprint density at radius 1 is 1.00 bits per heavy atom. The monoisotopic (exact) mass is 779 g/mol. The fourth-order valence-electron chi connectivity index (χ4n) is 7.55. The van der Waals surface area contributed by atoms with Crippen LogP contribution in [0.4, 0.5) is 11.4 Å². The van der Waals surface area contributed by atoms with Crippen LogP contribution in [0.25, 0.3) is 0 Å². The van der Waals surface area contributed by atoms with Gasteiger partial charge in [-0.3, -0.25) is 39.7 Å². The largest absolute Gasteiger partial charge is 0.456 e. The average Bonchev–Trinajstić information content (AvgIpc) is 3.84. The van der Waals surface area contributed by atoms with Crippen molar-refractivity contribution in [1.82, 2.24) is 14.7 Å². The van der Waals surface area contributed by atoms with E-state index in [2.05, 4.69) is 4.99 Å². The molecule has 55 heavy (non-hydrogen) atoms. The smallest absolute Gasteiger partial charge is 0.373 e. The molecule has 0 unspecified atom stereocenters. The number of carbonyl (C=O) groups is 4. The molecule has 292 valence electrons. The van der Waals surface area contributed by atoms with E-state index in [4.69, 9.17) is 15.2 Å². The Morgan fingerprint density at radius 2 is 1.58 bits per heavy atom. The van der Waals surface area contributed by atoms with Crippen molar-refractivity contribution in [1.29, 1.82) is 0 Å². The maximum Gasteiger partial charge on any atom is 0.373 e. The van der Waals surface area contributed by atoms with E-state index < -0.39 is 51.9 Å². The standard InChI is InChI=1S/C36H41N7O11S/c1-19-29-28(20(2)44)34(46)41(29)30(35(47)53-17-21-4-8-24(9-5-21)42(49)50)31(19)55-26-14-27(39(3)16-26)33(45)40-13-12-23(15-40)38-32(37)36(48)54-18-22-6-10-25(11-7-22)43(51)52/h4-11,19-20,23,26-29,44H,12-18H2,1-3H3,(H2,37,38)/t19-,20-,23+,26+,27+,28-,29-/m1/s1. The van der Waals surface area contributed by atoms with Crippen molar-refractivity contribution >= 4 is 52.7 Å². The van der Waals surface area contributed by atoms with Crippen molar-refractivity contribution < 1.29 is 43.6 Å². The van der Waals surface area contributed by atoms with Crippen LogP contribution in [0, 0.1) is 32.1 Å². The SMILES string of the molecule is C[C@@H](O)[C@H]1C(=O)N2C(C(=O)OCc3ccc([N+](=O)[O-])cc3)=C(S[C@H]3C[C@@H](C(=O)N4CC[C@H](N=C(N)C(=O)OCc5ccc([N+](=O)[O-])cc5)C4)N(C)C3)[C@H](C)[C@H]12. The zero-order chi connectivity index (χ0) is 39.7. The number of esters is 2. The molecule has 2 amide bonds. The van der Waals surface area contributed by atoms with Gasteiger partial charge in [0.05, 0.1) is 40.0 Å². The number of benzene rings is 2. The number of ether oxygens (including phenoxy) is 2. The molecule has 0 bridgehead atoms. The molecule has 4 heterocycles. The molecule has 2 aromatic rings. The number of amides is 2. The second-order valence-electron chi connectivity index (χ2n) is 14.1. The lowest BCUT2D eigenvalue weighted by atomic mass is 9.79.